The summed E-state index contributed by atoms with van der Waals surface area (Å²) >= 11 is 0. The highest BCUT2D eigenvalue weighted by molar-refractivity contribution is 5.94. The fraction of sp³-hybridized carbons (Fsp3) is 0.150. The van der Waals surface area contributed by atoms with Crippen molar-refractivity contribution in [3.8, 4) is 17.2 Å². The van der Waals surface area contributed by atoms with Crippen molar-refractivity contribution in [3.05, 3.63) is 60.7 Å². The molecule has 0 saturated carbocycles. The summed E-state index contributed by atoms with van der Waals surface area (Å²) < 4.78 is 16.4. The van der Waals surface area contributed by atoms with E-state index in [9.17, 15) is 4.79 Å². The molecule has 0 unspecified atom stereocenters. The Morgan fingerprint density at radius 2 is 1.80 bits per heavy atom. The predicted octanol–water partition coefficient (Wildman–Crippen LogP) is 3.97. The van der Waals surface area contributed by atoms with Crippen molar-refractivity contribution in [1.82, 2.24) is 0 Å². The zero-order valence-corrected chi connectivity index (χ0v) is 13.7. The van der Waals surface area contributed by atoms with Gasteiger partial charge < -0.3 is 19.5 Å². The van der Waals surface area contributed by atoms with Gasteiger partial charge in [0.2, 0.25) is 6.79 Å². The minimum atomic E-state index is -0.633. The van der Waals surface area contributed by atoms with Crippen LogP contribution in [0.25, 0.3) is 10.8 Å². The molecule has 5 nitrogen and oxygen atoms in total. The lowest BCUT2D eigenvalue weighted by atomic mass is 10.1. The van der Waals surface area contributed by atoms with E-state index in [1.54, 1.807) is 25.1 Å². The average molecular weight is 335 g/mol. The molecule has 3 aromatic carbocycles. The molecule has 0 aromatic heterocycles. The van der Waals surface area contributed by atoms with Crippen LogP contribution in [0.3, 0.4) is 0 Å². The largest absolute Gasteiger partial charge is 0.481 e. The van der Waals surface area contributed by atoms with Crippen LogP contribution in [0.15, 0.2) is 60.7 Å². The number of rotatable bonds is 4. The van der Waals surface area contributed by atoms with Gasteiger partial charge in [-0.25, -0.2) is 0 Å². The van der Waals surface area contributed by atoms with Gasteiger partial charge in [-0.2, -0.15) is 0 Å². The molecule has 3 aromatic rings. The second kappa shape index (κ2) is 6.36. The Balaban J connectivity index is 1.44. The van der Waals surface area contributed by atoms with Crippen LogP contribution in [0.4, 0.5) is 5.69 Å². The monoisotopic (exact) mass is 335 g/mol. The van der Waals surface area contributed by atoms with E-state index >= 15 is 0 Å². The zero-order valence-electron chi connectivity index (χ0n) is 13.7. The SMILES string of the molecule is C[C@@H](Oc1ccc2ccccc2c1)C(=O)Nc1ccc2c(c1)OCO2. The maximum Gasteiger partial charge on any atom is 0.265 e. The van der Waals surface area contributed by atoms with Crippen LogP contribution in [0.5, 0.6) is 17.2 Å². The number of hydrogen-bond acceptors (Lipinski definition) is 4. The summed E-state index contributed by atoms with van der Waals surface area (Å²) in [5.74, 6) is 1.73. The molecule has 126 valence electrons. The zero-order chi connectivity index (χ0) is 17.2. The van der Waals surface area contributed by atoms with Gasteiger partial charge in [-0.15, -0.1) is 0 Å². The third-order valence-electron chi connectivity index (χ3n) is 4.04. The van der Waals surface area contributed by atoms with Crippen molar-refractivity contribution in [2.24, 2.45) is 0 Å². The highest BCUT2D eigenvalue weighted by atomic mass is 16.7. The third kappa shape index (κ3) is 3.21. The molecule has 0 spiro atoms. The second-order valence-corrected chi connectivity index (χ2v) is 5.83. The van der Waals surface area contributed by atoms with Crippen molar-refractivity contribution in [3.63, 3.8) is 0 Å². The maximum absolute atomic E-state index is 12.4. The highest BCUT2D eigenvalue weighted by Crippen LogP contribution is 2.34. The molecule has 1 heterocycles. The number of ether oxygens (including phenoxy) is 3. The van der Waals surface area contributed by atoms with Crippen LogP contribution in [-0.2, 0) is 4.79 Å². The van der Waals surface area contributed by atoms with E-state index in [-0.39, 0.29) is 12.7 Å². The minimum absolute atomic E-state index is 0.203. The first-order valence-electron chi connectivity index (χ1n) is 8.05. The highest BCUT2D eigenvalue weighted by Gasteiger charge is 2.18. The number of hydrogen-bond donors (Lipinski definition) is 1. The van der Waals surface area contributed by atoms with Crippen molar-refractivity contribution < 1.29 is 19.0 Å². The Hall–Kier alpha value is -3.21. The van der Waals surface area contributed by atoms with Crippen molar-refractivity contribution in [2.75, 3.05) is 12.1 Å². The molecule has 0 aliphatic carbocycles. The van der Waals surface area contributed by atoms with Crippen LogP contribution < -0.4 is 19.5 Å². The van der Waals surface area contributed by atoms with Crippen LogP contribution in [0.2, 0.25) is 0 Å². The molecule has 1 aliphatic rings. The van der Waals surface area contributed by atoms with Crippen molar-refractivity contribution >= 4 is 22.4 Å². The van der Waals surface area contributed by atoms with E-state index in [4.69, 9.17) is 14.2 Å². The summed E-state index contributed by atoms with van der Waals surface area (Å²) in [5.41, 5.74) is 0.642. The van der Waals surface area contributed by atoms with Crippen LogP contribution >= 0.6 is 0 Å². The van der Waals surface area contributed by atoms with Crippen LogP contribution in [0, 0.1) is 0 Å². The van der Waals surface area contributed by atoms with Gasteiger partial charge in [-0.05, 0) is 42.0 Å². The van der Waals surface area contributed by atoms with Gasteiger partial charge in [0.05, 0.1) is 0 Å². The van der Waals surface area contributed by atoms with E-state index in [1.807, 2.05) is 42.5 Å². The Morgan fingerprint density at radius 3 is 2.68 bits per heavy atom. The topological polar surface area (TPSA) is 56.8 Å². The molecule has 0 bridgehead atoms. The van der Waals surface area contributed by atoms with Crippen molar-refractivity contribution in [2.45, 2.75) is 13.0 Å². The molecule has 0 saturated heterocycles. The number of anilines is 1. The number of carbonyl (C=O) groups is 1. The summed E-state index contributed by atoms with van der Waals surface area (Å²) in [4.78, 5) is 12.4. The second-order valence-electron chi connectivity index (χ2n) is 5.83. The predicted molar refractivity (Wildman–Crippen MR) is 95.2 cm³/mol. The fourth-order valence-corrected chi connectivity index (χ4v) is 2.72. The van der Waals surface area contributed by atoms with Gasteiger partial charge in [0.1, 0.15) is 5.75 Å². The molecule has 5 heteroatoms. The first-order chi connectivity index (χ1) is 12.2. The van der Waals surface area contributed by atoms with Gasteiger partial charge in [-0.1, -0.05) is 30.3 Å². The molecular formula is C20H17NO4. The first-order valence-corrected chi connectivity index (χ1v) is 8.05. The normalized spacial score (nSPS) is 13.5. The summed E-state index contributed by atoms with van der Waals surface area (Å²) in [5, 5.41) is 5.03. The molecule has 0 radical (unpaired) electrons. The van der Waals surface area contributed by atoms with Crippen molar-refractivity contribution in [1.29, 1.82) is 0 Å². The minimum Gasteiger partial charge on any atom is -0.481 e. The molecule has 1 atom stereocenters. The molecule has 0 fully saturated rings. The van der Waals surface area contributed by atoms with Gasteiger partial charge in [0, 0.05) is 11.8 Å². The summed E-state index contributed by atoms with van der Waals surface area (Å²) in [7, 11) is 0. The van der Waals surface area contributed by atoms with E-state index in [2.05, 4.69) is 5.32 Å². The number of carbonyl (C=O) groups excluding carboxylic acids is 1. The Labute approximate surface area is 145 Å². The Kier molecular flexibility index (Phi) is 3.90. The number of nitrogens with one attached hydrogen (secondary N) is 1. The average Bonchev–Trinajstić information content (AvgIpc) is 3.09. The lowest BCUT2D eigenvalue weighted by Crippen LogP contribution is -2.30. The quantitative estimate of drug-likeness (QED) is 0.784. The third-order valence-corrected chi connectivity index (χ3v) is 4.04. The fourth-order valence-electron chi connectivity index (χ4n) is 2.72. The number of amides is 1. The summed E-state index contributed by atoms with van der Waals surface area (Å²) in [6.07, 6.45) is -0.633. The molecular weight excluding hydrogens is 318 g/mol. The smallest absolute Gasteiger partial charge is 0.265 e. The molecule has 1 N–H and O–H groups in total. The van der Waals surface area contributed by atoms with E-state index in [0.29, 0.717) is 22.9 Å². The standard InChI is InChI=1S/C20H17NO4/c1-13(25-17-8-6-14-4-2-3-5-15(14)10-17)20(22)21-16-7-9-18-19(11-16)24-12-23-18/h2-11,13H,12H2,1H3,(H,21,22)/t13-/m1/s1. The maximum atomic E-state index is 12.4. The summed E-state index contributed by atoms with van der Waals surface area (Å²) in [6.45, 7) is 1.92. The van der Waals surface area contributed by atoms with E-state index in [1.165, 1.54) is 0 Å². The lowest BCUT2D eigenvalue weighted by molar-refractivity contribution is -0.122. The lowest BCUT2D eigenvalue weighted by Gasteiger charge is -2.15. The summed E-state index contributed by atoms with van der Waals surface area (Å²) in [6, 6.07) is 19.1. The Morgan fingerprint density at radius 1 is 1.00 bits per heavy atom. The molecule has 1 amide bonds. The molecule has 4 rings (SSSR count). The van der Waals surface area contributed by atoms with Crippen LogP contribution in [0.1, 0.15) is 6.92 Å². The van der Waals surface area contributed by atoms with Gasteiger partial charge in [-0.3, -0.25) is 4.79 Å². The van der Waals surface area contributed by atoms with E-state index in [0.717, 1.165) is 10.8 Å². The van der Waals surface area contributed by atoms with Crippen LogP contribution in [-0.4, -0.2) is 18.8 Å². The number of benzene rings is 3. The first kappa shape index (κ1) is 15.3. The van der Waals surface area contributed by atoms with Gasteiger partial charge in [0.25, 0.3) is 5.91 Å². The molecule has 1 aliphatic heterocycles. The van der Waals surface area contributed by atoms with Gasteiger partial charge >= 0.3 is 0 Å². The molecule has 25 heavy (non-hydrogen) atoms. The van der Waals surface area contributed by atoms with E-state index < -0.39 is 6.10 Å². The number of fused-ring (bicyclic) bond motifs is 2. The van der Waals surface area contributed by atoms with Gasteiger partial charge in [0.15, 0.2) is 17.6 Å². The Bertz CT molecular complexity index is 938.